The molecular weight excluding hydrogens is 249 g/mol. The number of nitrogen functional groups attached to an aromatic ring is 1. The first-order chi connectivity index (χ1) is 5.25. The number of hydrogen-bond acceptors (Lipinski definition) is 1. The molecule has 0 saturated heterocycles. The molecule has 0 atom stereocenters. The van der Waals surface area contributed by atoms with Crippen LogP contribution in [0.4, 0.5) is 5.69 Å². The summed E-state index contributed by atoms with van der Waals surface area (Å²) in [6.07, 6.45) is 1.08. The van der Waals surface area contributed by atoms with Crippen molar-refractivity contribution in [1.29, 1.82) is 0 Å². The van der Waals surface area contributed by atoms with E-state index in [-0.39, 0.29) is 0 Å². The fourth-order valence-electron chi connectivity index (χ4n) is 1.06. The van der Waals surface area contributed by atoms with Crippen LogP contribution in [0, 0.1) is 6.92 Å². The van der Waals surface area contributed by atoms with Gasteiger partial charge in [-0.2, -0.15) is 0 Å². The van der Waals surface area contributed by atoms with Crippen LogP contribution in [0.2, 0.25) is 0 Å². The Balaban J connectivity index is 2.96. The maximum absolute atomic E-state index is 5.87. The largest absolute Gasteiger partial charge is 0.398 e. The zero-order valence-electron chi connectivity index (χ0n) is 6.60. The number of halogens is 1. The van der Waals surface area contributed by atoms with Gasteiger partial charge in [-0.25, -0.2) is 0 Å². The average Bonchev–Trinajstić information content (AvgIpc) is 1.99. The number of nitrogens with two attached hydrogens (primary N) is 1. The van der Waals surface area contributed by atoms with E-state index >= 15 is 0 Å². The van der Waals surface area contributed by atoms with Crippen molar-refractivity contribution in [1.82, 2.24) is 0 Å². The zero-order chi connectivity index (χ0) is 8.27. The molecule has 2 N–H and O–H groups in total. The van der Waals surface area contributed by atoms with Gasteiger partial charge in [0, 0.05) is 10.1 Å². The van der Waals surface area contributed by atoms with Crippen LogP contribution >= 0.6 is 22.6 Å². The third-order valence-electron chi connectivity index (χ3n) is 1.78. The molecule has 0 aliphatic rings. The molecule has 0 amide bonds. The topological polar surface area (TPSA) is 26.0 Å². The summed E-state index contributed by atoms with van der Waals surface area (Å²) in [5, 5.41) is 0. The summed E-state index contributed by atoms with van der Waals surface area (Å²) in [4.78, 5) is 0. The lowest BCUT2D eigenvalue weighted by Gasteiger charge is -2.05. The van der Waals surface area contributed by atoms with Crippen LogP contribution in [0.5, 0.6) is 0 Å². The van der Waals surface area contributed by atoms with E-state index < -0.39 is 0 Å². The highest BCUT2D eigenvalue weighted by molar-refractivity contribution is 14.1. The SMILES string of the molecule is Cc1cccc(CCI)c1N. The van der Waals surface area contributed by atoms with Crippen molar-refractivity contribution < 1.29 is 0 Å². The molecule has 60 valence electrons. The van der Waals surface area contributed by atoms with Crippen molar-refractivity contribution in [3.05, 3.63) is 29.3 Å². The number of hydrogen-bond donors (Lipinski definition) is 1. The molecule has 0 heterocycles. The molecular formula is C9H12IN. The van der Waals surface area contributed by atoms with Gasteiger partial charge < -0.3 is 5.73 Å². The summed E-state index contributed by atoms with van der Waals surface area (Å²) >= 11 is 2.36. The van der Waals surface area contributed by atoms with Gasteiger partial charge in [0.05, 0.1) is 0 Å². The van der Waals surface area contributed by atoms with Crippen LogP contribution in [0.15, 0.2) is 18.2 Å². The second-order valence-corrected chi connectivity index (χ2v) is 3.67. The monoisotopic (exact) mass is 261 g/mol. The summed E-state index contributed by atoms with van der Waals surface area (Å²) in [5.41, 5.74) is 9.29. The van der Waals surface area contributed by atoms with Gasteiger partial charge in [-0.1, -0.05) is 40.8 Å². The van der Waals surface area contributed by atoms with Gasteiger partial charge in [0.1, 0.15) is 0 Å². The Kier molecular flexibility index (Phi) is 3.17. The highest BCUT2D eigenvalue weighted by atomic mass is 127. The van der Waals surface area contributed by atoms with Crippen LogP contribution in [0.1, 0.15) is 11.1 Å². The summed E-state index contributed by atoms with van der Waals surface area (Å²) in [6, 6.07) is 6.21. The first kappa shape index (κ1) is 8.84. The molecule has 0 saturated carbocycles. The van der Waals surface area contributed by atoms with Crippen molar-refractivity contribution in [3.8, 4) is 0 Å². The number of anilines is 1. The summed E-state index contributed by atoms with van der Waals surface area (Å²) in [6.45, 7) is 2.05. The second kappa shape index (κ2) is 3.95. The van der Waals surface area contributed by atoms with E-state index in [0.29, 0.717) is 0 Å². The number of alkyl halides is 1. The Hall–Kier alpha value is -0.250. The van der Waals surface area contributed by atoms with Crippen LogP contribution in [0.25, 0.3) is 0 Å². The average molecular weight is 261 g/mol. The Labute approximate surface area is 81.1 Å². The van der Waals surface area contributed by atoms with Gasteiger partial charge >= 0.3 is 0 Å². The molecule has 0 bridgehead atoms. The van der Waals surface area contributed by atoms with E-state index in [9.17, 15) is 0 Å². The maximum atomic E-state index is 5.87. The van der Waals surface area contributed by atoms with E-state index in [0.717, 1.165) is 16.5 Å². The minimum Gasteiger partial charge on any atom is -0.398 e. The lowest BCUT2D eigenvalue weighted by molar-refractivity contribution is 1.17. The van der Waals surface area contributed by atoms with Crippen LogP contribution in [-0.4, -0.2) is 4.43 Å². The van der Waals surface area contributed by atoms with E-state index in [1.165, 1.54) is 11.1 Å². The first-order valence-electron chi connectivity index (χ1n) is 3.65. The highest BCUT2D eigenvalue weighted by Gasteiger charge is 1.98. The quantitative estimate of drug-likeness (QED) is 0.494. The first-order valence-corrected chi connectivity index (χ1v) is 5.18. The van der Waals surface area contributed by atoms with E-state index in [1.54, 1.807) is 0 Å². The molecule has 1 aromatic carbocycles. The predicted octanol–water partition coefficient (Wildman–Crippen LogP) is 2.55. The summed E-state index contributed by atoms with van der Waals surface area (Å²) < 4.78 is 1.13. The maximum Gasteiger partial charge on any atom is 0.0376 e. The molecule has 1 nitrogen and oxygen atoms in total. The second-order valence-electron chi connectivity index (χ2n) is 2.59. The third kappa shape index (κ3) is 2.09. The molecule has 0 fully saturated rings. The molecule has 0 unspecified atom stereocenters. The van der Waals surface area contributed by atoms with Crippen molar-refractivity contribution in [3.63, 3.8) is 0 Å². The minimum absolute atomic E-state index is 0.962. The lowest BCUT2D eigenvalue weighted by Crippen LogP contribution is -1.97. The molecule has 0 aromatic heterocycles. The van der Waals surface area contributed by atoms with Gasteiger partial charge in [-0.3, -0.25) is 0 Å². The standard InChI is InChI=1S/C9H12IN/c1-7-3-2-4-8(5-6-10)9(7)11/h2-4H,5-6,11H2,1H3. The number of para-hydroxylation sites is 1. The Morgan fingerprint density at radius 1 is 1.45 bits per heavy atom. The lowest BCUT2D eigenvalue weighted by atomic mass is 10.1. The van der Waals surface area contributed by atoms with Crippen molar-refractivity contribution in [2.45, 2.75) is 13.3 Å². The van der Waals surface area contributed by atoms with E-state index in [4.69, 9.17) is 5.73 Å². The van der Waals surface area contributed by atoms with Crippen molar-refractivity contribution in [2.24, 2.45) is 0 Å². The van der Waals surface area contributed by atoms with Crippen molar-refractivity contribution >= 4 is 28.3 Å². The predicted molar refractivity (Wildman–Crippen MR) is 58.2 cm³/mol. The van der Waals surface area contributed by atoms with Crippen molar-refractivity contribution in [2.75, 3.05) is 10.2 Å². The van der Waals surface area contributed by atoms with Crippen LogP contribution in [0.3, 0.4) is 0 Å². The molecule has 1 rings (SSSR count). The fourth-order valence-corrected chi connectivity index (χ4v) is 1.64. The molecule has 0 aliphatic carbocycles. The van der Waals surface area contributed by atoms with Gasteiger partial charge in [0.25, 0.3) is 0 Å². The van der Waals surface area contributed by atoms with Crippen LogP contribution < -0.4 is 5.73 Å². The summed E-state index contributed by atoms with van der Waals surface area (Å²) in [5.74, 6) is 0. The third-order valence-corrected chi connectivity index (χ3v) is 2.32. The molecule has 11 heavy (non-hydrogen) atoms. The minimum atomic E-state index is 0.962. The molecule has 0 radical (unpaired) electrons. The number of benzene rings is 1. The van der Waals surface area contributed by atoms with Gasteiger partial charge in [0.2, 0.25) is 0 Å². The smallest absolute Gasteiger partial charge is 0.0376 e. The Bertz CT molecular complexity index is 245. The fraction of sp³-hybridized carbons (Fsp3) is 0.333. The van der Waals surface area contributed by atoms with E-state index in [2.05, 4.69) is 34.7 Å². The summed E-state index contributed by atoms with van der Waals surface area (Å²) in [7, 11) is 0. The zero-order valence-corrected chi connectivity index (χ0v) is 8.76. The molecule has 1 aromatic rings. The van der Waals surface area contributed by atoms with E-state index in [1.807, 2.05) is 13.0 Å². The molecule has 0 aliphatic heterocycles. The number of rotatable bonds is 2. The molecule has 0 spiro atoms. The van der Waals surface area contributed by atoms with Gasteiger partial charge in [-0.05, 0) is 24.5 Å². The normalized spacial score (nSPS) is 10.0. The Morgan fingerprint density at radius 3 is 2.82 bits per heavy atom. The Morgan fingerprint density at radius 2 is 2.18 bits per heavy atom. The highest BCUT2D eigenvalue weighted by Crippen LogP contribution is 2.17. The van der Waals surface area contributed by atoms with Gasteiger partial charge in [-0.15, -0.1) is 0 Å². The number of aryl methyl sites for hydroxylation is 2. The van der Waals surface area contributed by atoms with Crippen LogP contribution in [-0.2, 0) is 6.42 Å². The molecule has 2 heteroatoms. The van der Waals surface area contributed by atoms with Gasteiger partial charge in [0.15, 0.2) is 0 Å².